The van der Waals surface area contributed by atoms with Gasteiger partial charge in [-0.15, -0.1) is 0 Å². The zero-order valence-electron chi connectivity index (χ0n) is 19.4. The van der Waals surface area contributed by atoms with Gasteiger partial charge in [0, 0.05) is 17.6 Å². The predicted molar refractivity (Wildman–Crippen MR) is 132 cm³/mol. The zero-order chi connectivity index (χ0) is 22.7. The molecule has 0 spiro atoms. The summed E-state index contributed by atoms with van der Waals surface area (Å²) in [5.74, 6) is -0.219. The molecule has 2 aromatic carbocycles. The van der Waals surface area contributed by atoms with E-state index in [1.807, 2.05) is 18.2 Å². The highest BCUT2D eigenvalue weighted by Gasteiger charge is 2.40. The number of carboxylic acid groups (broad SMARTS) is 1. The lowest BCUT2D eigenvalue weighted by atomic mass is 9.63. The molecule has 4 aliphatic rings. The molecule has 6 rings (SSSR count). The number of nitrogens with zero attached hydrogens (tertiary/aromatic N) is 1. The molecule has 3 aliphatic carbocycles. The monoisotopic (exact) mass is 436 g/mol. The van der Waals surface area contributed by atoms with E-state index in [1.165, 1.54) is 53.7 Å². The maximum Gasteiger partial charge on any atom is 0.336 e. The summed E-state index contributed by atoms with van der Waals surface area (Å²) in [7, 11) is 0. The van der Waals surface area contributed by atoms with Crippen molar-refractivity contribution in [3.8, 4) is 0 Å². The average Bonchev–Trinajstić information content (AvgIpc) is 2.72. The fourth-order valence-electron chi connectivity index (χ4n) is 5.80. The fraction of sp³-hybridized carbons (Fsp3) is 0.333. The number of allylic oxidation sites excluding steroid dienone is 5. The number of aromatic carboxylic acids is 1. The highest BCUT2D eigenvalue weighted by molar-refractivity contribution is 6.08. The van der Waals surface area contributed by atoms with Crippen LogP contribution < -0.4 is 0 Å². The zero-order valence-corrected chi connectivity index (χ0v) is 19.4. The molecule has 0 bridgehead atoms. The molecule has 33 heavy (non-hydrogen) atoms. The van der Waals surface area contributed by atoms with E-state index in [0.717, 1.165) is 29.8 Å². The first-order valence-corrected chi connectivity index (χ1v) is 12.2. The van der Waals surface area contributed by atoms with Crippen molar-refractivity contribution in [1.82, 2.24) is 0 Å². The van der Waals surface area contributed by atoms with Gasteiger partial charge >= 0.3 is 5.97 Å². The normalized spacial score (nSPS) is 21.1. The molecule has 166 valence electrons. The molecule has 1 saturated heterocycles. The van der Waals surface area contributed by atoms with Gasteiger partial charge in [-0.25, -0.2) is 9.37 Å². The van der Waals surface area contributed by atoms with Crippen molar-refractivity contribution in [3.63, 3.8) is 0 Å². The Morgan fingerprint density at radius 3 is 2.45 bits per heavy atom. The first-order valence-electron chi connectivity index (χ1n) is 12.2. The second kappa shape index (κ2) is 7.41. The number of benzene rings is 2. The quantitative estimate of drug-likeness (QED) is 0.591. The van der Waals surface area contributed by atoms with Crippen molar-refractivity contribution < 1.29 is 14.5 Å². The maximum atomic E-state index is 12.2. The van der Waals surface area contributed by atoms with Crippen molar-refractivity contribution in [2.75, 3.05) is 13.1 Å². The summed E-state index contributed by atoms with van der Waals surface area (Å²) in [5.41, 5.74) is 9.69. The van der Waals surface area contributed by atoms with Crippen LogP contribution in [0.2, 0.25) is 0 Å². The Morgan fingerprint density at radius 1 is 1.00 bits per heavy atom. The molecule has 1 aliphatic heterocycles. The first-order chi connectivity index (χ1) is 15.9. The predicted octanol–water partition coefficient (Wildman–Crippen LogP) is 6.10. The second-order valence-electron chi connectivity index (χ2n) is 10.4. The van der Waals surface area contributed by atoms with E-state index < -0.39 is 5.97 Å². The van der Waals surface area contributed by atoms with Crippen LogP contribution in [-0.4, -0.2) is 34.5 Å². The van der Waals surface area contributed by atoms with E-state index >= 15 is 0 Å². The number of rotatable bonds is 3. The van der Waals surface area contributed by atoms with Gasteiger partial charge in [0.25, 0.3) is 0 Å². The van der Waals surface area contributed by atoms with Crippen molar-refractivity contribution in [2.45, 2.75) is 50.9 Å². The van der Waals surface area contributed by atoms with Gasteiger partial charge < -0.3 is 5.11 Å². The lowest BCUT2D eigenvalue weighted by molar-refractivity contribution is -0.582. The summed E-state index contributed by atoms with van der Waals surface area (Å²) in [6.45, 7) is 6.88. The highest BCUT2D eigenvalue weighted by atomic mass is 16.4. The van der Waals surface area contributed by atoms with Crippen molar-refractivity contribution in [2.24, 2.45) is 0 Å². The molecule has 0 aromatic heterocycles. The third-order valence-corrected chi connectivity index (χ3v) is 8.16. The van der Waals surface area contributed by atoms with Crippen LogP contribution in [0.25, 0.3) is 5.57 Å². The lowest BCUT2D eigenvalue weighted by Crippen LogP contribution is -2.35. The number of hydrogen-bond donors (Lipinski definition) is 1. The first kappa shape index (κ1) is 20.4. The minimum atomic E-state index is -0.880. The Bertz CT molecular complexity index is 1310. The van der Waals surface area contributed by atoms with E-state index in [0.29, 0.717) is 11.5 Å². The van der Waals surface area contributed by atoms with E-state index in [9.17, 15) is 9.90 Å². The third kappa shape index (κ3) is 3.09. The molecular formula is C30H30NO2+. The van der Waals surface area contributed by atoms with Gasteiger partial charge in [0.1, 0.15) is 13.1 Å². The largest absolute Gasteiger partial charge is 0.478 e. The Balaban J connectivity index is 1.64. The Hall–Kier alpha value is -3.20. The average molecular weight is 437 g/mol. The molecule has 2 fully saturated rings. The van der Waals surface area contributed by atoms with Crippen molar-refractivity contribution in [3.05, 3.63) is 99.7 Å². The van der Waals surface area contributed by atoms with Crippen molar-refractivity contribution in [1.29, 1.82) is 0 Å². The molecule has 3 heteroatoms. The third-order valence-electron chi connectivity index (χ3n) is 8.16. The fourth-order valence-corrected chi connectivity index (χ4v) is 5.80. The molecule has 1 heterocycles. The summed E-state index contributed by atoms with van der Waals surface area (Å²) in [4.78, 5) is 12.2. The highest BCUT2D eigenvalue weighted by Crippen LogP contribution is 2.51. The second-order valence-corrected chi connectivity index (χ2v) is 10.4. The van der Waals surface area contributed by atoms with Crippen molar-refractivity contribution >= 4 is 17.3 Å². The summed E-state index contributed by atoms with van der Waals surface area (Å²) in [6.07, 6.45) is 11.9. The number of carbonyl (C=O) groups is 1. The number of fused-ring (bicyclic) bond motifs is 2. The maximum absolute atomic E-state index is 12.2. The van der Waals surface area contributed by atoms with E-state index in [2.05, 4.69) is 54.9 Å². The SMILES string of the molecule is CC1(C)C2=CC(=[N+]3CCC3)C=CC2=C(c2ccccc2C(=O)O)c2ccc(C3CCC3)cc21. The van der Waals surface area contributed by atoms with Crippen LogP contribution in [0.1, 0.15) is 78.1 Å². The van der Waals surface area contributed by atoms with E-state index in [-0.39, 0.29) is 5.41 Å². The van der Waals surface area contributed by atoms with Crippen LogP contribution in [0.5, 0.6) is 0 Å². The summed E-state index contributed by atoms with van der Waals surface area (Å²) in [6, 6.07) is 14.4. The molecule has 3 nitrogen and oxygen atoms in total. The van der Waals surface area contributed by atoms with Gasteiger partial charge in [-0.05, 0) is 69.9 Å². The Morgan fingerprint density at radius 2 is 1.79 bits per heavy atom. The van der Waals surface area contributed by atoms with E-state index in [1.54, 1.807) is 6.07 Å². The van der Waals surface area contributed by atoms with E-state index in [4.69, 9.17) is 0 Å². The molecule has 1 N–H and O–H groups in total. The minimum absolute atomic E-state index is 0.160. The smallest absolute Gasteiger partial charge is 0.336 e. The van der Waals surface area contributed by atoms with Crippen LogP contribution in [0, 0.1) is 0 Å². The van der Waals surface area contributed by atoms with Crippen LogP contribution in [-0.2, 0) is 5.41 Å². The molecule has 0 atom stereocenters. The molecular weight excluding hydrogens is 406 g/mol. The summed E-state index contributed by atoms with van der Waals surface area (Å²) in [5, 5.41) is 9.99. The minimum Gasteiger partial charge on any atom is -0.478 e. The van der Waals surface area contributed by atoms with Gasteiger partial charge in [-0.2, -0.15) is 0 Å². The number of hydrogen-bond acceptors (Lipinski definition) is 1. The van der Waals surface area contributed by atoms with Crippen LogP contribution in [0.15, 0.2) is 71.8 Å². The molecule has 1 saturated carbocycles. The van der Waals surface area contributed by atoms with Gasteiger partial charge in [0.2, 0.25) is 0 Å². The Kier molecular flexibility index (Phi) is 4.58. The molecule has 0 unspecified atom stereocenters. The summed E-state index contributed by atoms with van der Waals surface area (Å²) < 4.78 is 2.43. The van der Waals surface area contributed by atoms with Gasteiger partial charge in [-0.1, -0.05) is 56.7 Å². The van der Waals surface area contributed by atoms with Gasteiger partial charge in [0.05, 0.1) is 12.0 Å². The van der Waals surface area contributed by atoms with Crippen LogP contribution in [0.3, 0.4) is 0 Å². The van der Waals surface area contributed by atoms with Crippen LogP contribution in [0.4, 0.5) is 0 Å². The summed E-state index contributed by atoms with van der Waals surface area (Å²) >= 11 is 0. The topological polar surface area (TPSA) is 40.3 Å². The molecule has 0 amide bonds. The standard InChI is InChI=1S/C30H29NO2/c1-30(2)26-17-20(19-7-5-8-19)11-13-24(26)28(22-9-3-4-10-23(22)29(32)33)25-14-12-21(18-27(25)30)31-15-6-16-31/h3-4,9-14,17-19H,5-8,15-16H2,1-2H3/p+1. The Labute approximate surface area is 195 Å². The molecule has 0 radical (unpaired) electrons. The van der Waals surface area contributed by atoms with Crippen LogP contribution >= 0.6 is 0 Å². The lowest BCUT2D eigenvalue weighted by Gasteiger charge is -2.40. The van der Waals surface area contributed by atoms with Gasteiger partial charge in [0.15, 0.2) is 5.71 Å². The van der Waals surface area contributed by atoms with Gasteiger partial charge in [-0.3, -0.25) is 0 Å². The molecule has 2 aromatic rings. The number of carboxylic acids is 1.